The fourth-order valence-corrected chi connectivity index (χ4v) is 5.55. The third kappa shape index (κ3) is 6.64. The molecular weight excluding hydrogens is 484 g/mol. The Hall–Kier alpha value is -3.74. The molecule has 1 aliphatic heterocycles. The van der Waals surface area contributed by atoms with Gasteiger partial charge in [0.15, 0.2) is 0 Å². The van der Waals surface area contributed by atoms with Crippen molar-refractivity contribution >= 4 is 33.4 Å². The van der Waals surface area contributed by atoms with Gasteiger partial charge in [0, 0.05) is 31.2 Å². The number of fused-ring (bicyclic) bond motifs is 2. The number of nitrogens with zero attached hydrogens (tertiary/aromatic N) is 1. The van der Waals surface area contributed by atoms with Crippen molar-refractivity contribution in [1.82, 2.24) is 20.9 Å². The van der Waals surface area contributed by atoms with E-state index >= 15 is 0 Å². The maximum Gasteiger partial charge on any atom is 0.251 e. The quantitative estimate of drug-likeness (QED) is 0.260. The molecule has 1 heterocycles. The van der Waals surface area contributed by atoms with Gasteiger partial charge in [0.05, 0.1) is 6.04 Å². The predicted molar refractivity (Wildman–Crippen MR) is 159 cm³/mol. The molecule has 0 radical (unpaired) electrons. The summed E-state index contributed by atoms with van der Waals surface area (Å²) in [7, 11) is 1.95. The molecule has 4 aromatic rings. The number of carbonyl (C=O) groups excluding carboxylic acids is 2. The van der Waals surface area contributed by atoms with E-state index in [1.807, 2.05) is 66.5 Å². The van der Waals surface area contributed by atoms with Crippen molar-refractivity contribution in [1.29, 1.82) is 0 Å². The smallest absolute Gasteiger partial charge is 0.251 e. The van der Waals surface area contributed by atoms with E-state index in [9.17, 15) is 9.59 Å². The molecule has 2 unspecified atom stereocenters. The summed E-state index contributed by atoms with van der Waals surface area (Å²) in [5, 5.41) is 14.3. The number of hydrogen-bond acceptors (Lipinski definition) is 4. The predicted octanol–water partition coefficient (Wildman–Crippen LogP) is 4.87. The molecule has 0 aromatic heterocycles. The van der Waals surface area contributed by atoms with Gasteiger partial charge in [0.1, 0.15) is 0 Å². The summed E-state index contributed by atoms with van der Waals surface area (Å²) in [6.07, 6.45) is 3.54. The number of unbranched alkanes of at least 4 members (excludes halogenated alkanes) is 1. The molecule has 1 aliphatic rings. The van der Waals surface area contributed by atoms with Crippen molar-refractivity contribution in [2.24, 2.45) is 0 Å². The van der Waals surface area contributed by atoms with Crippen LogP contribution in [0.4, 0.5) is 0 Å². The van der Waals surface area contributed by atoms with E-state index < -0.39 is 0 Å². The average Bonchev–Trinajstić information content (AvgIpc) is 3.12. The summed E-state index contributed by atoms with van der Waals surface area (Å²) >= 11 is 0. The Kier molecular flexibility index (Phi) is 8.86. The first kappa shape index (κ1) is 26.9. The Morgan fingerprint density at radius 3 is 2.54 bits per heavy atom. The van der Waals surface area contributed by atoms with Gasteiger partial charge in [-0.05, 0) is 72.1 Å². The molecule has 3 N–H and O–H groups in total. The van der Waals surface area contributed by atoms with Gasteiger partial charge in [-0.3, -0.25) is 9.59 Å². The monoisotopic (exact) mass is 522 g/mol. The van der Waals surface area contributed by atoms with Gasteiger partial charge < -0.3 is 20.9 Å². The largest absolute Gasteiger partial charge is 0.350 e. The zero-order chi connectivity index (χ0) is 27.0. The van der Waals surface area contributed by atoms with Crippen molar-refractivity contribution in [2.75, 3.05) is 26.7 Å². The van der Waals surface area contributed by atoms with Crippen molar-refractivity contribution < 1.29 is 9.59 Å². The first-order valence-corrected chi connectivity index (χ1v) is 14.1. The molecule has 0 aliphatic carbocycles. The fraction of sp³-hybridized carbons (Fsp3) is 0.333. The lowest BCUT2D eigenvalue weighted by molar-refractivity contribution is -0.133. The molecule has 6 nitrogen and oxygen atoms in total. The number of hydrogen-bond donors (Lipinski definition) is 3. The zero-order valence-corrected chi connectivity index (χ0v) is 22.7. The third-order valence-electron chi connectivity index (χ3n) is 7.69. The SMILES string of the molecule is CNCCCCC1NC(CNC(=O)c2cccc3ccccc23)CCN(Cc2ccc3ccccc3c2)C1=O. The molecule has 2 amide bonds. The van der Waals surface area contributed by atoms with Gasteiger partial charge in [-0.25, -0.2) is 0 Å². The number of carbonyl (C=O) groups is 2. The fourth-order valence-electron chi connectivity index (χ4n) is 5.55. The van der Waals surface area contributed by atoms with Gasteiger partial charge in [0.25, 0.3) is 5.91 Å². The second-order valence-electron chi connectivity index (χ2n) is 10.5. The van der Waals surface area contributed by atoms with E-state index in [0.29, 0.717) is 25.2 Å². The molecule has 202 valence electrons. The molecule has 1 fully saturated rings. The van der Waals surface area contributed by atoms with Crippen molar-refractivity contribution in [3.05, 3.63) is 96.1 Å². The highest BCUT2D eigenvalue weighted by atomic mass is 16.2. The van der Waals surface area contributed by atoms with Crippen LogP contribution in [0, 0.1) is 0 Å². The molecule has 0 spiro atoms. The lowest BCUT2D eigenvalue weighted by Crippen LogP contribution is -2.48. The molecular formula is C33H38N4O2. The highest BCUT2D eigenvalue weighted by Gasteiger charge is 2.30. The maximum absolute atomic E-state index is 13.7. The Morgan fingerprint density at radius 2 is 1.69 bits per heavy atom. The number of amides is 2. The van der Waals surface area contributed by atoms with Gasteiger partial charge in [-0.1, -0.05) is 79.2 Å². The number of benzene rings is 4. The molecule has 0 bridgehead atoms. The summed E-state index contributed by atoms with van der Waals surface area (Å²) in [6.45, 7) is 2.66. The Bertz CT molecular complexity index is 1430. The third-order valence-corrected chi connectivity index (χ3v) is 7.69. The second kappa shape index (κ2) is 12.9. The van der Waals surface area contributed by atoms with Crippen LogP contribution < -0.4 is 16.0 Å². The lowest BCUT2D eigenvalue weighted by Gasteiger charge is -2.25. The average molecular weight is 523 g/mol. The summed E-state index contributed by atoms with van der Waals surface area (Å²) in [5.74, 6) is 0.0678. The van der Waals surface area contributed by atoms with Gasteiger partial charge in [-0.2, -0.15) is 0 Å². The van der Waals surface area contributed by atoms with Gasteiger partial charge in [-0.15, -0.1) is 0 Å². The van der Waals surface area contributed by atoms with Crippen LogP contribution in [0.2, 0.25) is 0 Å². The molecule has 1 saturated heterocycles. The first-order valence-electron chi connectivity index (χ1n) is 14.1. The van der Waals surface area contributed by atoms with Crippen LogP contribution in [-0.2, 0) is 11.3 Å². The van der Waals surface area contributed by atoms with Crippen molar-refractivity contribution in [3.63, 3.8) is 0 Å². The molecule has 39 heavy (non-hydrogen) atoms. The van der Waals surface area contributed by atoms with E-state index in [2.05, 4.69) is 46.3 Å². The van der Waals surface area contributed by atoms with Crippen molar-refractivity contribution in [3.8, 4) is 0 Å². The molecule has 2 atom stereocenters. The topological polar surface area (TPSA) is 73.5 Å². The molecule has 5 rings (SSSR count). The van der Waals surface area contributed by atoms with Crippen LogP contribution in [0.5, 0.6) is 0 Å². The van der Waals surface area contributed by atoms with Gasteiger partial charge >= 0.3 is 0 Å². The lowest BCUT2D eigenvalue weighted by atomic mass is 10.0. The van der Waals surface area contributed by atoms with E-state index in [4.69, 9.17) is 0 Å². The normalized spacial score (nSPS) is 17.9. The summed E-state index contributed by atoms with van der Waals surface area (Å²) < 4.78 is 0. The minimum Gasteiger partial charge on any atom is -0.350 e. The summed E-state index contributed by atoms with van der Waals surface area (Å²) in [4.78, 5) is 28.8. The second-order valence-corrected chi connectivity index (χ2v) is 10.5. The van der Waals surface area contributed by atoms with Crippen LogP contribution >= 0.6 is 0 Å². The highest BCUT2D eigenvalue weighted by molar-refractivity contribution is 6.07. The minimum atomic E-state index is -0.260. The van der Waals surface area contributed by atoms with E-state index in [0.717, 1.165) is 48.6 Å². The van der Waals surface area contributed by atoms with E-state index in [-0.39, 0.29) is 23.9 Å². The van der Waals surface area contributed by atoms with Crippen LogP contribution in [0.15, 0.2) is 84.9 Å². The summed E-state index contributed by atoms with van der Waals surface area (Å²) in [5.41, 5.74) is 1.82. The van der Waals surface area contributed by atoms with Crippen LogP contribution in [0.25, 0.3) is 21.5 Å². The zero-order valence-electron chi connectivity index (χ0n) is 22.7. The van der Waals surface area contributed by atoms with Crippen LogP contribution in [-0.4, -0.2) is 55.5 Å². The Morgan fingerprint density at radius 1 is 0.923 bits per heavy atom. The van der Waals surface area contributed by atoms with Crippen LogP contribution in [0.3, 0.4) is 0 Å². The number of nitrogens with one attached hydrogen (secondary N) is 3. The van der Waals surface area contributed by atoms with Gasteiger partial charge in [0.2, 0.25) is 5.91 Å². The van der Waals surface area contributed by atoms with E-state index in [1.165, 1.54) is 10.8 Å². The minimum absolute atomic E-state index is 0.0174. The Labute approximate surface area is 230 Å². The van der Waals surface area contributed by atoms with Crippen LogP contribution in [0.1, 0.15) is 41.6 Å². The van der Waals surface area contributed by atoms with E-state index in [1.54, 1.807) is 0 Å². The highest BCUT2D eigenvalue weighted by Crippen LogP contribution is 2.21. The molecule has 6 heteroatoms. The molecule has 4 aromatic carbocycles. The van der Waals surface area contributed by atoms with Crippen molar-refractivity contribution in [2.45, 2.75) is 44.3 Å². The maximum atomic E-state index is 13.7. The first-order chi connectivity index (χ1) is 19.1. The Balaban J connectivity index is 1.28. The standard InChI is InChI=1S/C33H38N4O2/c1-34-19-7-6-15-31-33(39)37(23-24-16-17-25-9-2-3-11-27(25)21-24)20-18-28(36-31)22-35-32(38)30-14-8-12-26-10-4-5-13-29(26)30/h2-5,8-14,16-17,21,28,31,34,36H,6-7,15,18-20,22-23H2,1H3,(H,35,38). The summed E-state index contributed by atoms with van der Waals surface area (Å²) in [6, 6.07) is 28.3. The molecule has 0 saturated carbocycles. The number of rotatable bonds is 10.